The number of hydrogen-bond acceptors (Lipinski definition) is 8. The first kappa shape index (κ1) is 36.6. The second-order valence-corrected chi connectivity index (χ2v) is 14.4. The van der Waals surface area contributed by atoms with E-state index in [-0.39, 0.29) is 0 Å². The van der Waals surface area contributed by atoms with Crippen LogP contribution >= 0.6 is 0 Å². The minimum atomic E-state index is 0.849. The van der Waals surface area contributed by atoms with Gasteiger partial charge in [-0.3, -0.25) is 9.80 Å². The van der Waals surface area contributed by atoms with Gasteiger partial charge in [0, 0.05) is 118 Å². The normalized spacial score (nSPS) is 21.2. The van der Waals surface area contributed by atoms with Crippen molar-refractivity contribution in [2.45, 2.75) is 39.3 Å². The third kappa shape index (κ3) is 10.2. The first-order valence-electron chi connectivity index (χ1n) is 19.6. The lowest BCUT2D eigenvalue weighted by molar-refractivity contribution is 0.271. The molecule has 0 atom stereocenters. The van der Waals surface area contributed by atoms with Crippen LogP contribution in [0, 0.1) is 0 Å². The van der Waals surface area contributed by atoms with E-state index in [0.29, 0.717) is 0 Å². The molecule has 5 aromatic carbocycles. The van der Waals surface area contributed by atoms with E-state index in [1.165, 1.54) is 54.9 Å². The van der Waals surface area contributed by atoms with Crippen molar-refractivity contribution in [1.29, 1.82) is 0 Å². The molecule has 17 rings (SSSR count). The van der Waals surface area contributed by atoms with Gasteiger partial charge in [-0.25, -0.2) is 0 Å². The molecule has 12 heterocycles. The molecule has 0 amide bonds. The van der Waals surface area contributed by atoms with E-state index in [4.69, 9.17) is 0 Å². The molecule has 0 radical (unpaired) electrons. The van der Waals surface area contributed by atoms with Gasteiger partial charge in [0.25, 0.3) is 0 Å². The molecule has 8 bridgehead atoms. The Morgan fingerprint density at radius 1 is 0.288 bits per heavy atom. The molecule has 8 heteroatoms. The molecule has 0 spiro atoms. The van der Waals surface area contributed by atoms with Crippen molar-refractivity contribution in [2.75, 3.05) is 78.5 Å². The third-order valence-electron chi connectivity index (χ3n) is 10.7. The van der Waals surface area contributed by atoms with Crippen molar-refractivity contribution in [2.24, 2.45) is 0 Å². The second-order valence-electron chi connectivity index (χ2n) is 14.4. The Balaban J connectivity index is 1.15. The average Bonchev–Trinajstić information content (AvgIpc) is 3.18. The molecule has 5 aromatic rings. The van der Waals surface area contributed by atoms with E-state index in [0.717, 1.165) is 118 Å². The lowest BCUT2D eigenvalue weighted by Crippen LogP contribution is -2.40. The standard InChI is InChI=1S/C44H58N8/c1-2-6-40-39(5-1)43-33-49-21-27-51-23-17-45-29-35-9-13-37(14-10-35)31-47-19-25-52(28-22-50-34-44(40)42-8-4-3-7-41(42)43)26-20-48-32-38-15-11-36(12-16-38)30-46-18-24-51/h1-16,45-50H,17-34H2. The highest BCUT2D eigenvalue weighted by Crippen LogP contribution is 2.33. The summed E-state index contributed by atoms with van der Waals surface area (Å²) in [5.74, 6) is 0. The van der Waals surface area contributed by atoms with E-state index in [1.807, 2.05) is 0 Å². The molecule has 6 N–H and O–H groups in total. The Bertz CT molecular complexity index is 1570. The lowest BCUT2D eigenvalue weighted by atomic mass is 9.91. The molecule has 12 aliphatic rings. The Morgan fingerprint density at radius 3 is 0.769 bits per heavy atom. The Kier molecular flexibility index (Phi) is 13.7. The second kappa shape index (κ2) is 19.4. The highest BCUT2D eigenvalue weighted by Gasteiger charge is 2.14. The maximum absolute atomic E-state index is 3.86. The van der Waals surface area contributed by atoms with Crippen molar-refractivity contribution < 1.29 is 0 Å². The van der Waals surface area contributed by atoms with Crippen LogP contribution < -0.4 is 31.9 Å². The molecule has 0 saturated heterocycles. The van der Waals surface area contributed by atoms with Gasteiger partial charge in [-0.05, 0) is 54.9 Å². The van der Waals surface area contributed by atoms with Gasteiger partial charge in [-0.2, -0.15) is 0 Å². The lowest BCUT2D eigenvalue weighted by Gasteiger charge is -2.24. The highest BCUT2D eigenvalue weighted by atomic mass is 15.2. The first-order valence-corrected chi connectivity index (χ1v) is 19.6. The maximum atomic E-state index is 3.86. The van der Waals surface area contributed by atoms with Gasteiger partial charge >= 0.3 is 0 Å². The maximum Gasteiger partial charge on any atom is 0.0218 e. The highest BCUT2D eigenvalue weighted by molar-refractivity contribution is 6.05. The number of benzene rings is 5. The quantitative estimate of drug-likeness (QED) is 0.132. The summed E-state index contributed by atoms with van der Waals surface area (Å²) in [6, 6.07) is 36.3. The fourth-order valence-electron chi connectivity index (χ4n) is 7.69. The molecule has 0 aliphatic carbocycles. The molecular formula is C44H58N8. The van der Waals surface area contributed by atoms with Gasteiger partial charge in [0.15, 0.2) is 0 Å². The predicted molar refractivity (Wildman–Crippen MR) is 217 cm³/mol. The fourth-order valence-corrected chi connectivity index (χ4v) is 7.69. The van der Waals surface area contributed by atoms with E-state index in [2.05, 4.69) is 139 Å². The largest absolute Gasteiger partial charge is 0.311 e. The zero-order valence-electron chi connectivity index (χ0n) is 30.9. The number of nitrogens with zero attached hydrogens (tertiary/aromatic N) is 2. The van der Waals surface area contributed by atoms with Crippen molar-refractivity contribution in [3.63, 3.8) is 0 Å². The molecule has 0 saturated carbocycles. The van der Waals surface area contributed by atoms with Crippen LogP contribution in [0.4, 0.5) is 0 Å². The Labute approximate surface area is 310 Å². The molecule has 12 aliphatic heterocycles. The average molecular weight is 699 g/mol. The molecule has 8 nitrogen and oxygen atoms in total. The van der Waals surface area contributed by atoms with Crippen LogP contribution in [0.25, 0.3) is 21.5 Å². The Hall–Kier alpha value is -3.70. The van der Waals surface area contributed by atoms with Gasteiger partial charge in [0.1, 0.15) is 0 Å². The zero-order valence-corrected chi connectivity index (χ0v) is 30.9. The first-order chi connectivity index (χ1) is 25.8. The van der Waals surface area contributed by atoms with Crippen molar-refractivity contribution >= 4 is 21.5 Å². The predicted octanol–water partition coefficient (Wildman–Crippen LogP) is 4.56. The molecule has 274 valence electrons. The summed E-state index contributed by atoms with van der Waals surface area (Å²) in [7, 11) is 0. The van der Waals surface area contributed by atoms with Gasteiger partial charge in [0.2, 0.25) is 0 Å². The van der Waals surface area contributed by atoms with Crippen LogP contribution in [0.1, 0.15) is 33.4 Å². The summed E-state index contributed by atoms with van der Waals surface area (Å²) in [5, 5.41) is 28.0. The SMILES string of the molecule is c1ccc2c3c4ccccc4c(c2c1)CNCCN1CCNCc2ccc(cc2)CNCCN(CCNCc2ccc(cc2)CNCC1)CCNC3. The van der Waals surface area contributed by atoms with Crippen molar-refractivity contribution in [3.8, 4) is 0 Å². The molecule has 0 aromatic heterocycles. The van der Waals surface area contributed by atoms with Crippen molar-refractivity contribution in [3.05, 3.63) is 130 Å². The van der Waals surface area contributed by atoms with Crippen LogP contribution in [0.15, 0.2) is 97.1 Å². The summed E-state index contributed by atoms with van der Waals surface area (Å²) in [6.07, 6.45) is 0. The molecule has 0 unspecified atom stereocenters. The molecule has 0 fully saturated rings. The summed E-state index contributed by atoms with van der Waals surface area (Å²) in [5.41, 5.74) is 8.15. The summed E-state index contributed by atoms with van der Waals surface area (Å²) < 4.78 is 0. The number of rotatable bonds is 0. The topological polar surface area (TPSA) is 78.7 Å². The van der Waals surface area contributed by atoms with Gasteiger partial charge in [-0.15, -0.1) is 0 Å². The van der Waals surface area contributed by atoms with E-state index < -0.39 is 0 Å². The van der Waals surface area contributed by atoms with Crippen LogP contribution in [0.5, 0.6) is 0 Å². The summed E-state index contributed by atoms with van der Waals surface area (Å²) in [6.45, 7) is 17.0. The molecule has 52 heavy (non-hydrogen) atoms. The monoisotopic (exact) mass is 698 g/mol. The van der Waals surface area contributed by atoms with Gasteiger partial charge in [0.05, 0.1) is 0 Å². The summed E-state index contributed by atoms with van der Waals surface area (Å²) >= 11 is 0. The van der Waals surface area contributed by atoms with Gasteiger partial charge in [-0.1, -0.05) is 97.1 Å². The fraction of sp³-hybridized carbons (Fsp3) is 0.409. The van der Waals surface area contributed by atoms with E-state index in [9.17, 15) is 0 Å². The molecular weight excluding hydrogens is 641 g/mol. The van der Waals surface area contributed by atoms with E-state index >= 15 is 0 Å². The van der Waals surface area contributed by atoms with Crippen LogP contribution in [0.3, 0.4) is 0 Å². The summed E-state index contributed by atoms with van der Waals surface area (Å²) in [4.78, 5) is 5.19. The third-order valence-corrected chi connectivity index (χ3v) is 10.7. The number of nitrogens with one attached hydrogen (secondary N) is 6. The van der Waals surface area contributed by atoms with Crippen molar-refractivity contribution in [1.82, 2.24) is 41.7 Å². The zero-order chi connectivity index (χ0) is 35.2. The van der Waals surface area contributed by atoms with E-state index in [1.54, 1.807) is 0 Å². The smallest absolute Gasteiger partial charge is 0.0218 e. The van der Waals surface area contributed by atoms with Gasteiger partial charge < -0.3 is 31.9 Å². The van der Waals surface area contributed by atoms with Crippen LogP contribution in [-0.2, 0) is 39.3 Å². The number of hydrogen-bond donors (Lipinski definition) is 6. The minimum absolute atomic E-state index is 0.849. The van der Waals surface area contributed by atoms with Crippen LogP contribution in [0.2, 0.25) is 0 Å². The van der Waals surface area contributed by atoms with Crippen LogP contribution in [-0.4, -0.2) is 88.3 Å². The minimum Gasteiger partial charge on any atom is -0.311 e. The Morgan fingerprint density at radius 2 is 0.519 bits per heavy atom.